The number of anilines is 1. The highest BCUT2D eigenvalue weighted by atomic mass is 16.6. The lowest BCUT2D eigenvalue weighted by Crippen LogP contribution is -2.44. The summed E-state index contributed by atoms with van der Waals surface area (Å²) >= 11 is 0. The van der Waals surface area contributed by atoms with Crippen LogP contribution >= 0.6 is 0 Å². The highest BCUT2D eigenvalue weighted by Gasteiger charge is 2.29. The van der Waals surface area contributed by atoms with Gasteiger partial charge in [0.1, 0.15) is 12.6 Å². The lowest BCUT2D eigenvalue weighted by atomic mass is 9.98. The van der Waals surface area contributed by atoms with Crippen LogP contribution in [0.2, 0.25) is 0 Å². The zero-order valence-corrected chi connectivity index (χ0v) is 19.0. The fourth-order valence-electron chi connectivity index (χ4n) is 4.27. The summed E-state index contributed by atoms with van der Waals surface area (Å²) in [6.45, 7) is 0.487. The monoisotopic (exact) mass is 474 g/mol. The third-order valence-corrected chi connectivity index (χ3v) is 5.99. The van der Waals surface area contributed by atoms with Gasteiger partial charge in [-0.05, 0) is 53.8 Å². The molecule has 0 aliphatic heterocycles. The number of non-ortho nitro benzene ring substituents is 1. The Morgan fingerprint density at radius 1 is 0.971 bits per heavy atom. The molecule has 0 heterocycles. The Hall–Kier alpha value is -4.24. The number of carbonyl (C=O) groups is 2. The molecule has 3 aromatic carbocycles. The van der Waals surface area contributed by atoms with Crippen molar-refractivity contribution in [3.8, 4) is 11.1 Å². The summed E-state index contributed by atoms with van der Waals surface area (Å²) in [5, 5.41) is 16.1. The summed E-state index contributed by atoms with van der Waals surface area (Å²) in [4.78, 5) is 35.8. The van der Waals surface area contributed by atoms with Crippen LogP contribution in [0.5, 0.6) is 0 Å². The summed E-state index contributed by atoms with van der Waals surface area (Å²) in [6.07, 6.45) is 0.134. The van der Waals surface area contributed by atoms with Crippen molar-refractivity contribution < 1.29 is 19.2 Å². The Morgan fingerprint density at radius 2 is 1.57 bits per heavy atom. The fourth-order valence-corrected chi connectivity index (χ4v) is 4.27. The number of nitro groups is 1. The number of hydrogen-bond acceptors (Lipinski definition) is 6. The van der Waals surface area contributed by atoms with Crippen LogP contribution in [0.25, 0.3) is 11.1 Å². The number of hydrogen-bond donors (Lipinski definition) is 3. The molecule has 35 heavy (non-hydrogen) atoms. The van der Waals surface area contributed by atoms with Gasteiger partial charge in [-0.2, -0.15) is 0 Å². The Kier molecular flexibility index (Phi) is 7.37. The highest BCUT2D eigenvalue weighted by Crippen LogP contribution is 2.44. The first-order chi connectivity index (χ1) is 17.0. The molecule has 3 aromatic rings. The number of nitrogens with zero attached hydrogens (tertiary/aromatic N) is 1. The molecule has 4 N–H and O–H groups in total. The molecule has 0 saturated carbocycles. The van der Waals surface area contributed by atoms with Gasteiger partial charge in [0.25, 0.3) is 5.69 Å². The Morgan fingerprint density at radius 3 is 2.14 bits per heavy atom. The van der Waals surface area contributed by atoms with Crippen LogP contribution in [0.4, 0.5) is 16.2 Å². The maximum atomic E-state index is 12.8. The van der Waals surface area contributed by atoms with Crippen LogP contribution in [0.1, 0.15) is 29.9 Å². The van der Waals surface area contributed by atoms with Gasteiger partial charge in [-0.3, -0.25) is 14.9 Å². The number of alkyl carbamates (subject to hydrolysis) is 1. The van der Waals surface area contributed by atoms with Crippen molar-refractivity contribution in [2.75, 3.05) is 18.5 Å². The minimum atomic E-state index is -0.871. The molecule has 0 aromatic heterocycles. The molecule has 1 aliphatic rings. The van der Waals surface area contributed by atoms with Crippen LogP contribution < -0.4 is 16.4 Å². The van der Waals surface area contributed by atoms with Crippen molar-refractivity contribution in [3.05, 3.63) is 94.0 Å². The van der Waals surface area contributed by atoms with Gasteiger partial charge in [-0.25, -0.2) is 4.79 Å². The number of nitro benzene ring substituents is 1. The first kappa shape index (κ1) is 23.9. The van der Waals surface area contributed by atoms with E-state index in [2.05, 4.69) is 22.8 Å². The average Bonchev–Trinajstić information content (AvgIpc) is 3.19. The summed E-state index contributed by atoms with van der Waals surface area (Å²) in [6, 6.07) is 20.6. The first-order valence-corrected chi connectivity index (χ1v) is 11.3. The molecular weight excluding hydrogens is 448 g/mol. The number of rotatable bonds is 9. The molecule has 0 fully saturated rings. The number of carbonyl (C=O) groups excluding carboxylic acids is 2. The van der Waals surface area contributed by atoms with Gasteiger partial charge in [0, 0.05) is 23.7 Å². The standard InChI is InChI=1S/C26H26N4O5/c27-15-5-10-24(25(31)28-17-11-13-18(14-12-17)30(33)34)29-26(32)35-16-23-21-8-3-1-6-19(21)20-7-2-4-9-22(20)23/h1-4,6-9,11-14,23-24H,5,10,15-16,27H2,(H,28,31)(H,29,32)/t24-/m0/s1. The highest BCUT2D eigenvalue weighted by molar-refractivity contribution is 5.96. The maximum Gasteiger partial charge on any atom is 0.407 e. The molecule has 1 aliphatic carbocycles. The number of fused-ring (bicyclic) bond motifs is 3. The molecule has 0 saturated heterocycles. The van der Waals surface area contributed by atoms with E-state index < -0.39 is 23.0 Å². The van der Waals surface area contributed by atoms with Crippen LogP contribution in [-0.4, -0.2) is 36.1 Å². The normalized spacial score (nSPS) is 12.8. The van der Waals surface area contributed by atoms with E-state index in [1.165, 1.54) is 24.3 Å². The third-order valence-electron chi connectivity index (χ3n) is 5.99. The number of benzene rings is 3. The van der Waals surface area contributed by atoms with Crippen LogP contribution in [0.3, 0.4) is 0 Å². The van der Waals surface area contributed by atoms with E-state index in [-0.39, 0.29) is 18.2 Å². The van der Waals surface area contributed by atoms with Gasteiger partial charge in [0.2, 0.25) is 5.91 Å². The Bertz CT molecular complexity index is 1180. The quantitative estimate of drug-likeness (QED) is 0.314. The lowest BCUT2D eigenvalue weighted by Gasteiger charge is -2.19. The topological polar surface area (TPSA) is 137 Å². The van der Waals surface area contributed by atoms with E-state index >= 15 is 0 Å². The van der Waals surface area contributed by atoms with E-state index in [4.69, 9.17) is 10.5 Å². The van der Waals surface area contributed by atoms with Crippen molar-refractivity contribution in [1.29, 1.82) is 0 Å². The Balaban J connectivity index is 1.40. The van der Waals surface area contributed by atoms with E-state index in [0.717, 1.165) is 22.3 Å². The minimum absolute atomic E-state index is 0.0838. The van der Waals surface area contributed by atoms with Crippen molar-refractivity contribution in [1.82, 2.24) is 5.32 Å². The summed E-state index contributed by atoms with van der Waals surface area (Å²) in [7, 11) is 0. The number of ether oxygens (including phenoxy) is 1. The van der Waals surface area contributed by atoms with E-state index in [9.17, 15) is 19.7 Å². The minimum Gasteiger partial charge on any atom is -0.449 e. The molecule has 0 radical (unpaired) electrons. The maximum absolute atomic E-state index is 12.8. The van der Waals surface area contributed by atoms with Crippen molar-refractivity contribution >= 4 is 23.4 Å². The lowest BCUT2D eigenvalue weighted by molar-refractivity contribution is -0.384. The van der Waals surface area contributed by atoms with Crippen LogP contribution in [0.15, 0.2) is 72.8 Å². The van der Waals surface area contributed by atoms with Crippen LogP contribution in [-0.2, 0) is 9.53 Å². The molecule has 9 heteroatoms. The fraction of sp³-hybridized carbons (Fsp3) is 0.231. The second-order valence-electron chi connectivity index (χ2n) is 8.25. The Labute approximate surface area is 202 Å². The largest absolute Gasteiger partial charge is 0.449 e. The van der Waals surface area contributed by atoms with Gasteiger partial charge in [-0.1, -0.05) is 48.5 Å². The van der Waals surface area contributed by atoms with Gasteiger partial charge in [-0.15, -0.1) is 0 Å². The average molecular weight is 475 g/mol. The zero-order valence-electron chi connectivity index (χ0n) is 19.0. The molecule has 9 nitrogen and oxygen atoms in total. The van der Waals surface area contributed by atoms with Crippen LogP contribution in [0, 0.1) is 10.1 Å². The SMILES string of the molecule is NCCC[C@H](NC(=O)OCC1c2ccccc2-c2ccccc21)C(=O)Nc1ccc([N+](=O)[O-])cc1. The third kappa shape index (κ3) is 5.47. The van der Waals surface area contributed by atoms with Gasteiger partial charge >= 0.3 is 6.09 Å². The van der Waals surface area contributed by atoms with Gasteiger partial charge < -0.3 is 21.1 Å². The predicted octanol–water partition coefficient (Wildman–Crippen LogP) is 4.18. The summed E-state index contributed by atoms with van der Waals surface area (Å²) in [5.41, 5.74) is 10.3. The number of amides is 2. The summed E-state index contributed by atoms with van der Waals surface area (Å²) < 4.78 is 5.56. The van der Waals surface area contributed by atoms with E-state index in [1.807, 2.05) is 36.4 Å². The molecule has 1 atom stereocenters. The molecule has 2 amide bonds. The van der Waals surface area contributed by atoms with E-state index in [0.29, 0.717) is 25.1 Å². The van der Waals surface area contributed by atoms with Crippen molar-refractivity contribution in [2.24, 2.45) is 5.73 Å². The summed E-state index contributed by atoms with van der Waals surface area (Å²) in [5.74, 6) is -0.551. The second kappa shape index (κ2) is 10.8. The van der Waals surface area contributed by atoms with Gasteiger partial charge in [0.15, 0.2) is 0 Å². The molecule has 0 unspecified atom stereocenters. The second-order valence-corrected chi connectivity index (χ2v) is 8.25. The number of nitrogens with one attached hydrogen (secondary N) is 2. The molecule has 4 rings (SSSR count). The smallest absolute Gasteiger partial charge is 0.407 e. The molecule has 180 valence electrons. The number of nitrogens with two attached hydrogens (primary N) is 1. The predicted molar refractivity (Wildman–Crippen MR) is 132 cm³/mol. The molecule has 0 bridgehead atoms. The molecule has 0 spiro atoms. The van der Waals surface area contributed by atoms with E-state index in [1.54, 1.807) is 0 Å². The van der Waals surface area contributed by atoms with Crippen molar-refractivity contribution in [3.63, 3.8) is 0 Å². The van der Waals surface area contributed by atoms with Crippen molar-refractivity contribution in [2.45, 2.75) is 24.8 Å². The van der Waals surface area contributed by atoms with Gasteiger partial charge in [0.05, 0.1) is 4.92 Å². The first-order valence-electron chi connectivity index (χ1n) is 11.3. The molecular formula is C26H26N4O5. The zero-order chi connectivity index (χ0) is 24.8.